The Kier molecular flexibility index (Phi) is 12.6. The van der Waals surface area contributed by atoms with Gasteiger partial charge < -0.3 is 34.2 Å². The first kappa shape index (κ1) is 29.7. The molecule has 0 spiro atoms. The predicted molar refractivity (Wildman–Crippen MR) is 124 cm³/mol. The molecule has 11 heteroatoms. The lowest BCUT2D eigenvalue weighted by Crippen LogP contribution is -2.36. The van der Waals surface area contributed by atoms with E-state index in [9.17, 15) is 19.2 Å². The summed E-state index contributed by atoms with van der Waals surface area (Å²) in [6.45, 7) is 10.4. The van der Waals surface area contributed by atoms with Crippen molar-refractivity contribution in [2.45, 2.75) is 60.1 Å². The van der Waals surface area contributed by atoms with E-state index in [1.807, 2.05) is 27.7 Å². The summed E-state index contributed by atoms with van der Waals surface area (Å²) < 4.78 is 30.4. The van der Waals surface area contributed by atoms with Crippen LogP contribution in [0.3, 0.4) is 0 Å². The first-order valence-electron chi connectivity index (χ1n) is 11.3. The van der Waals surface area contributed by atoms with Crippen molar-refractivity contribution in [1.29, 1.82) is 0 Å². The van der Waals surface area contributed by atoms with E-state index in [0.717, 1.165) is 0 Å². The van der Waals surface area contributed by atoms with Gasteiger partial charge in [-0.05, 0) is 42.9 Å². The SMILES string of the molecule is CC(=O)O[C@@H](C)COC(=O)[C@@H](N)Cc1ccc(OC(=O)OCC(C)C)c(OC(=O)OCC(C)C)c1. The van der Waals surface area contributed by atoms with Gasteiger partial charge in [0.25, 0.3) is 0 Å². The summed E-state index contributed by atoms with van der Waals surface area (Å²) in [4.78, 5) is 47.2. The Hall–Kier alpha value is -3.34. The second-order valence-corrected chi connectivity index (χ2v) is 8.76. The molecule has 1 aromatic carbocycles. The van der Waals surface area contributed by atoms with Crippen molar-refractivity contribution >= 4 is 24.2 Å². The Balaban J connectivity index is 2.91. The molecule has 0 aliphatic rings. The molecule has 35 heavy (non-hydrogen) atoms. The average Bonchev–Trinajstić information content (AvgIpc) is 2.75. The minimum absolute atomic E-state index is 0.0241. The van der Waals surface area contributed by atoms with Crippen molar-refractivity contribution < 1.29 is 47.6 Å². The van der Waals surface area contributed by atoms with Crippen LogP contribution in [0.4, 0.5) is 9.59 Å². The van der Waals surface area contributed by atoms with Crippen molar-refractivity contribution in [3.05, 3.63) is 23.8 Å². The molecule has 0 bridgehead atoms. The van der Waals surface area contributed by atoms with Crippen molar-refractivity contribution in [1.82, 2.24) is 0 Å². The Morgan fingerprint density at radius 2 is 1.34 bits per heavy atom. The van der Waals surface area contributed by atoms with Crippen LogP contribution in [-0.4, -0.2) is 56.2 Å². The molecule has 0 unspecified atom stereocenters. The van der Waals surface area contributed by atoms with E-state index in [0.29, 0.717) is 5.56 Å². The fraction of sp³-hybridized carbons (Fsp3) is 0.583. The molecule has 1 rings (SSSR count). The smallest absolute Gasteiger partial charge is 0.461 e. The highest BCUT2D eigenvalue weighted by Crippen LogP contribution is 2.30. The number of rotatable bonds is 12. The van der Waals surface area contributed by atoms with Crippen LogP contribution in [0.1, 0.15) is 47.1 Å². The maximum atomic E-state index is 12.2. The zero-order valence-electron chi connectivity index (χ0n) is 21.0. The van der Waals surface area contributed by atoms with Crippen LogP contribution >= 0.6 is 0 Å². The van der Waals surface area contributed by atoms with E-state index in [1.54, 1.807) is 13.0 Å². The zero-order chi connectivity index (χ0) is 26.5. The maximum Gasteiger partial charge on any atom is 0.513 e. The Bertz CT molecular complexity index is 868. The Labute approximate surface area is 205 Å². The van der Waals surface area contributed by atoms with Gasteiger partial charge in [0.15, 0.2) is 11.5 Å². The van der Waals surface area contributed by atoms with Crippen LogP contribution in [0, 0.1) is 11.8 Å². The lowest BCUT2D eigenvalue weighted by Gasteiger charge is -2.16. The largest absolute Gasteiger partial charge is 0.513 e. The number of benzene rings is 1. The molecule has 1 aromatic rings. The molecule has 0 aliphatic heterocycles. The van der Waals surface area contributed by atoms with Crippen LogP contribution < -0.4 is 15.2 Å². The summed E-state index contributed by atoms with van der Waals surface area (Å²) in [7, 11) is 0. The fourth-order valence-corrected chi connectivity index (χ4v) is 2.51. The fourth-order valence-electron chi connectivity index (χ4n) is 2.51. The maximum absolute atomic E-state index is 12.2. The molecule has 0 heterocycles. The zero-order valence-corrected chi connectivity index (χ0v) is 21.0. The molecule has 0 saturated carbocycles. The van der Waals surface area contributed by atoms with Gasteiger partial charge in [-0.15, -0.1) is 0 Å². The van der Waals surface area contributed by atoms with Gasteiger partial charge >= 0.3 is 24.2 Å². The number of nitrogens with two attached hydrogens (primary N) is 1. The molecular weight excluding hydrogens is 462 g/mol. The standard InChI is InChI=1S/C24H35NO10/c1-14(2)11-31-23(28)34-20-8-7-18(10-21(20)35-24(29)32-12-15(3)4)9-19(25)22(27)30-13-16(5)33-17(6)26/h7-8,10,14-16,19H,9,11-13,25H2,1-6H3/t16-,19-/m0/s1. The molecule has 11 nitrogen and oxygen atoms in total. The van der Waals surface area contributed by atoms with Crippen molar-refractivity contribution in [3.8, 4) is 11.5 Å². The summed E-state index contributed by atoms with van der Waals surface area (Å²) in [5.74, 6) is -1.20. The molecule has 0 saturated heterocycles. The van der Waals surface area contributed by atoms with Gasteiger partial charge in [0.1, 0.15) is 18.8 Å². The van der Waals surface area contributed by atoms with Crippen LogP contribution in [0.25, 0.3) is 0 Å². The van der Waals surface area contributed by atoms with Gasteiger partial charge in [0.05, 0.1) is 13.2 Å². The van der Waals surface area contributed by atoms with Crippen LogP contribution in [0.2, 0.25) is 0 Å². The molecule has 0 aromatic heterocycles. The number of carbonyl (C=O) groups is 4. The monoisotopic (exact) mass is 497 g/mol. The van der Waals surface area contributed by atoms with Crippen molar-refractivity contribution in [2.24, 2.45) is 17.6 Å². The molecule has 0 aliphatic carbocycles. The van der Waals surface area contributed by atoms with E-state index in [1.165, 1.54) is 19.1 Å². The normalized spacial score (nSPS) is 12.5. The van der Waals surface area contributed by atoms with E-state index in [4.69, 9.17) is 34.2 Å². The minimum Gasteiger partial charge on any atom is -0.461 e. The van der Waals surface area contributed by atoms with E-state index in [-0.39, 0.29) is 49.6 Å². The first-order chi connectivity index (χ1) is 16.4. The van der Waals surface area contributed by atoms with Crippen molar-refractivity contribution in [2.75, 3.05) is 19.8 Å². The molecule has 196 valence electrons. The molecule has 0 radical (unpaired) electrons. The number of esters is 2. The van der Waals surface area contributed by atoms with Crippen molar-refractivity contribution in [3.63, 3.8) is 0 Å². The number of hydrogen-bond donors (Lipinski definition) is 1. The Morgan fingerprint density at radius 1 is 0.800 bits per heavy atom. The quantitative estimate of drug-likeness (QED) is 0.257. The second-order valence-electron chi connectivity index (χ2n) is 8.76. The molecule has 0 amide bonds. The molecule has 0 fully saturated rings. The van der Waals surface area contributed by atoms with E-state index < -0.39 is 36.4 Å². The number of ether oxygens (including phenoxy) is 6. The van der Waals surface area contributed by atoms with Gasteiger partial charge in [-0.25, -0.2) is 9.59 Å². The van der Waals surface area contributed by atoms with Crippen LogP contribution in [0.5, 0.6) is 11.5 Å². The highest BCUT2D eigenvalue weighted by molar-refractivity contribution is 5.76. The van der Waals surface area contributed by atoms with Gasteiger partial charge in [-0.2, -0.15) is 0 Å². The first-order valence-corrected chi connectivity index (χ1v) is 11.3. The third-order valence-electron chi connectivity index (χ3n) is 4.05. The molecule has 2 N–H and O–H groups in total. The summed E-state index contributed by atoms with van der Waals surface area (Å²) in [5, 5.41) is 0. The van der Waals surface area contributed by atoms with Gasteiger partial charge in [-0.1, -0.05) is 33.8 Å². The molecular formula is C24H35NO10. The Morgan fingerprint density at radius 3 is 1.86 bits per heavy atom. The van der Waals surface area contributed by atoms with Crippen LogP contribution in [0.15, 0.2) is 18.2 Å². The van der Waals surface area contributed by atoms with Gasteiger partial charge in [0.2, 0.25) is 0 Å². The highest BCUT2D eigenvalue weighted by Gasteiger charge is 2.21. The molecule has 2 atom stereocenters. The van der Waals surface area contributed by atoms with E-state index >= 15 is 0 Å². The third kappa shape index (κ3) is 12.6. The second kappa shape index (κ2) is 14.8. The highest BCUT2D eigenvalue weighted by atomic mass is 16.7. The lowest BCUT2D eigenvalue weighted by molar-refractivity contribution is -0.157. The lowest BCUT2D eigenvalue weighted by atomic mass is 10.1. The predicted octanol–water partition coefficient (Wildman–Crippen LogP) is 3.39. The third-order valence-corrected chi connectivity index (χ3v) is 4.05. The summed E-state index contributed by atoms with van der Waals surface area (Å²) >= 11 is 0. The van der Waals surface area contributed by atoms with Gasteiger partial charge in [-0.3, -0.25) is 9.59 Å². The van der Waals surface area contributed by atoms with Crippen LogP contribution in [-0.2, 0) is 35.0 Å². The summed E-state index contributed by atoms with van der Waals surface area (Å²) in [5.41, 5.74) is 6.43. The minimum atomic E-state index is -1.05. The summed E-state index contributed by atoms with van der Waals surface area (Å²) in [6, 6.07) is 3.28. The van der Waals surface area contributed by atoms with E-state index in [2.05, 4.69) is 0 Å². The number of hydrogen-bond acceptors (Lipinski definition) is 11. The average molecular weight is 498 g/mol. The van der Waals surface area contributed by atoms with Gasteiger partial charge in [0, 0.05) is 6.92 Å². The topological polar surface area (TPSA) is 150 Å². The number of carbonyl (C=O) groups excluding carboxylic acids is 4. The summed E-state index contributed by atoms with van der Waals surface area (Å²) in [6.07, 6.45) is -2.54.